The van der Waals surface area contributed by atoms with E-state index in [0.717, 1.165) is 98.6 Å². The van der Waals surface area contributed by atoms with Crippen molar-refractivity contribution in [3.63, 3.8) is 0 Å². The summed E-state index contributed by atoms with van der Waals surface area (Å²) in [4.78, 5) is 63.3. The number of rotatable bonds is 58. The normalized spacial score (nSPS) is 21.0. The molecule has 3 amide bonds. The maximum Gasteiger partial charge on any atom is 0.249 e. The molecule has 2 aliphatic rings. The minimum Gasteiger partial charge on any atom is -0.354 e. The molecule has 8 nitrogen and oxygen atoms in total. The van der Waals surface area contributed by atoms with Crippen LogP contribution in [0.2, 0.25) is 0 Å². The van der Waals surface area contributed by atoms with Gasteiger partial charge in [0.05, 0.1) is 0 Å². The minimum absolute atomic E-state index is 0.0127. The summed E-state index contributed by atoms with van der Waals surface area (Å²) in [5.74, 6) is 6.50. The molecule has 0 radical (unpaired) electrons. The average Bonchev–Trinajstić information content (AvgIpc) is 3.71. The van der Waals surface area contributed by atoms with Crippen molar-refractivity contribution in [1.82, 2.24) is 15.5 Å². The second-order valence-electron chi connectivity index (χ2n) is 27.9. The van der Waals surface area contributed by atoms with Gasteiger partial charge in [-0.1, -0.05) is 292 Å². The zero-order chi connectivity index (χ0) is 61.8. The highest BCUT2D eigenvalue weighted by Crippen LogP contribution is 2.49. The van der Waals surface area contributed by atoms with Gasteiger partial charge in [0.15, 0.2) is 0 Å². The molecule has 0 saturated heterocycles. The fourth-order valence-electron chi connectivity index (χ4n) is 15.8. The van der Waals surface area contributed by atoms with E-state index >= 15 is 0 Å². The molecule has 0 heterocycles. The zero-order valence-electron chi connectivity index (χ0n) is 57.2. The Morgan fingerprint density at radius 1 is 0.447 bits per heavy atom. The molecule has 2 N–H and O–H groups in total. The Hall–Kier alpha value is -2.77. The molecular formula is C77H141N3O5. The van der Waals surface area contributed by atoms with Gasteiger partial charge >= 0.3 is 0 Å². The van der Waals surface area contributed by atoms with Crippen LogP contribution in [0.4, 0.5) is 0 Å². The number of hydrogen-bond acceptors (Lipinski definition) is 5. The van der Waals surface area contributed by atoms with Crippen LogP contribution in [-0.4, -0.2) is 60.9 Å². The topological polar surface area (TPSA) is 113 Å². The number of allylic oxidation sites excluding steroid dienone is 1. The standard InChI is InChI=1S/C77H141N3O5/c1-8-12-16-20-29-40-51-71-67(47-36-18-14-10-3)56-55-66(7)70(71)50-39-31-24-27-35-45-62-80(77(85)65(5)6)74(59-64-82)76(84)79-61-44-34-26-23-32-42-53-73-69(49-38-28-22-25-33-43-60-78-75(83)54-46-63-81)58-57-68(48-37-19-15-11-4)72(73)52-41-30-21-17-13-9-2/h46,54,63-64,66-74H,5,8-45,47-53,55-62H2,1-4,6-7H3,(H,78,83)(H,79,84)/b54-46-. The molecule has 0 aromatic rings. The van der Waals surface area contributed by atoms with Crippen molar-refractivity contribution < 1.29 is 24.0 Å². The summed E-state index contributed by atoms with van der Waals surface area (Å²) in [6, 6.07) is -0.792. The van der Waals surface area contributed by atoms with Gasteiger partial charge in [-0.25, -0.2) is 0 Å². The van der Waals surface area contributed by atoms with Gasteiger partial charge in [0.1, 0.15) is 18.6 Å². The molecular weight excluding hydrogens is 1050 g/mol. The van der Waals surface area contributed by atoms with Crippen molar-refractivity contribution in [1.29, 1.82) is 0 Å². The lowest BCUT2D eigenvalue weighted by Crippen LogP contribution is -2.50. The lowest BCUT2D eigenvalue weighted by molar-refractivity contribution is -0.138. The Balaban J connectivity index is 1.88. The molecule has 2 aliphatic carbocycles. The first kappa shape index (κ1) is 78.3. The molecule has 8 heteroatoms. The molecule has 2 saturated carbocycles. The van der Waals surface area contributed by atoms with Crippen molar-refractivity contribution in [2.24, 2.45) is 47.3 Å². The Bertz CT molecular complexity index is 1680. The van der Waals surface area contributed by atoms with Crippen LogP contribution in [0.3, 0.4) is 0 Å². The SMILES string of the molecule is C=C(C)C(=O)N(CCCCCCCCC1C(C)CCC(CCCCCC)C1CCCCCCCC)C(CC=O)C(=O)NCCCCCCCCC1C(CCCCCCCCNC(=O)/C=C\C=O)CCC(CCCCCC)C1CCCCCCCC. The predicted octanol–water partition coefficient (Wildman–Crippen LogP) is 21.5. The number of nitrogens with zero attached hydrogens (tertiary/aromatic N) is 1. The first-order chi connectivity index (χ1) is 41.6. The summed E-state index contributed by atoms with van der Waals surface area (Å²) in [5, 5.41) is 6.03. The number of carbonyl (C=O) groups is 5. The number of aldehydes is 2. The van der Waals surface area contributed by atoms with Crippen molar-refractivity contribution in [3.8, 4) is 0 Å². The van der Waals surface area contributed by atoms with Crippen LogP contribution >= 0.6 is 0 Å². The number of hydrogen-bond donors (Lipinski definition) is 2. The van der Waals surface area contributed by atoms with Gasteiger partial charge in [0, 0.05) is 37.7 Å². The third-order valence-corrected chi connectivity index (χ3v) is 20.9. The van der Waals surface area contributed by atoms with E-state index in [4.69, 9.17) is 0 Å². The first-order valence-electron chi connectivity index (χ1n) is 37.6. The lowest BCUT2D eigenvalue weighted by Gasteiger charge is -2.44. The van der Waals surface area contributed by atoms with E-state index in [-0.39, 0.29) is 24.1 Å². The molecule has 494 valence electrons. The molecule has 2 fully saturated rings. The Kier molecular flexibility index (Phi) is 49.9. The third kappa shape index (κ3) is 37.1. The summed E-state index contributed by atoms with van der Waals surface area (Å²) in [7, 11) is 0. The second kappa shape index (κ2) is 54.2. The van der Waals surface area contributed by atoms with Gasteiger partial charge in [-0.05, 0) is 125 Å². The van der Waals surface area contributed by atoms with E-state index in [2.05, 4.69) is 51.8 Å². The zero-order valence-corrected chi connectivity index (χ0v) is 57.2. The fourth-order valence-corrected chi connectivity index (χ4v) is 15.8. The molecule has 2 rings (SSSR count). The molecule has 0 aromatic carbocycles. The van der Waals surface area contributed by atoms with E-state index < -0.39 is 6.04 Å². The van der Waals surface area contributed by atoms with E-state index in [1.807, 2.05) is 0 Å². The summed E-state index contributed by atoms with van der Waals surface area (Å²) >= 11 is 0. The van der Waals surface area contributed by atoms with Crippen molar-refractivity contribution >= 4 is 30.3 Å². The van der Waals surface area contributed by atoms with Gasteiger partial charge < -0.3 is 20.3 Å². The second-order valence-corrected chi connectivity index (χ2v) is 27.9. The van der Waals surface area contributed by atoms with E-state index in [0.29, 0.717) is 31.5 Å². The van der Waals surface area contributed by atoms with Gasteiger partial charge in [0.25, 0.3) is 0 Å². The maximum atomic E-state index is 13.8. The van der Waals surface area contributed by atoms with Crippen LogP contribution in [0.15, 0.2) is 24.3 Å². The summed E-state index contributed by atoms with van der Waals surface area (Å²) in [5.41, 5.74) is 0.416. The quantitative estimate of drug-likeness (QED) is 0.0358. The molecule has 9 unspecified atom stereocenters. The predicted molar refractivity (Wildman–Crippen MR) is 365 cm³/mol. The Labute approximate surface area is 527 Å². The average molecular weight is 1190 g/mol. The molecule has 0 bridgehead atoms. The first-order valence-corrected chi connectivity index (χ1v) is 37.6. The van der Waals surface area contributed by atoms with Crippen LogP contribution in [-0.2, 0) is 24.0 Å². The summed E-state index contributed by atoms with van der Waals surface area (Å²) in [6.45, 7) is 19.3. The minimum atomic E-state index is -0.792. The molecule has 0 aromatic heterocycles. The highest BCUT2D eigenvalue weighted by atomic mass is 16.2. The van der Waals surface area contributed by atoms with Crippen LogP contribution in [0.5, 0.6) is 0 Å². The van der Waals surface area contributed by atoms with Gasteiger partial charge in [-0.15, -0.1) is 0 Å². The molecule has 0 aliphatic heterocycles. The summed E-state index contributed by atoms with van der Waals surface area (Å²) < 4.78 is 0. The van der Waals surface area contributed by atoms with Crippen LogP contribution in [0, 0.1) is 47.3 Å². The molecule has 9 atom stereocenters. The number of amides is 3. The Morgan fingerprint density at radius 2 is 0.788 bits per heavy atom. The molecule has 85 heavy (non-hydrogen) atoms. The number of unbranched alkanes of at least 4 members (excludes halogenated alkanes) is 31. The van der Waals surface area contributed by atoms with Gasteiger partial charge in [0.2, 0.25) is 17.7 Å². The smallest absolute Gasteiger partial charge is 0.249 e. The third-order valence-electron chi connectivity index (χ3n) is 20.9. The van der Waals surface area contributed by atoms with E-state index in [9.17, 15) is 24.0 Å². The number of nitrogens with one attached hydrogen (secondary N) is 2. The maximum absolute atomic E-state index is 13.8. The van der Waals surface area contributed by atoms with Gasteiger partial charge in [-0.2, -0.15) is 0 Å². The monoisotopic (exact) mass is 1190 g/mol. The van der Waals surface area contributed by atoms with Crippen molar-refractivity contribution in [2.45, 2.75) is 369 Å². The highest BCUT2D eigenvalue weighted by molar-refractivity contribution is 5.96. The van der Waals surface area contributed by atoms with Crippen LogP contribution in [0.1, 0.15) is 363 Å². The van der Waals surface area contributed by atoms with E-state index in [1.54, 1.807) is 11.8 Å². The van der Waals surface area contributed by atoms with Gasteiger partial charge in [-0.3, -0.25) is 19.2 Å². The highest BCUT2D eigenvalue weighted by Gasteiger charge is 2.39. The molecule has 0 spiro atoms. The fraction of sp³-hybridized carbons (Fsp3) is 0.883. The van der Waals surface area contributed by atoms with E-state index in [1.165, 1.54) is 282 Å². The number of carbonyl (C=O) groups excluding carboxylic acids is 5. The Morgan fingerprint density at radius 3 is 1.20 bits per heavy atom. The van der Waals surface area contributed by atoms with Crippen LogP contribution in [0.25, 0.3) is 0 Å². The lowest BCUT2D eigenvalue weighted by atomic mass is 9.61. The summed E-state index contributed by atoms with van der Waals surface area (Å²) in [6.07, 6.45) is 68.4. The van der Waals surface area contributed by atoms with Crippen LogP contribution < -0.4 is 10.6 Å². The largest absolute Gasteiger partial charge is 0.354 e. The van der Waals surface area contributed by atoms with Crippen molar-refractivity contribution in [2.75, 3.05) is 19.6 Å². The van der Waals surface area contributed by atoms with Crippen molar-refractivity contribution in [3.05, 3.63) is 24.3 Å².